The van der Waals surface area contributed by atoms with Gasteiger partial charge in [-0.15, -0.1) is 0 Å². The Morgan fingerprint density at radius 2 is 1.75 bits per heavy atom. The average molecular weight is 231 g/mol. The summed E-state index contributed by atoms with van der Waals surface area (Å²) in [7, 11) is 0. The number of rotatable bonds is 4. The number of nitrogens with two attached hydrogens (primary N) is 1. The number of benzene rings is 1. The SMILES string of the molecule is CCc1ccc([C@H](N)CCC(F)(F)F)cc1. The van der Waals surface area contributed by atoms with Crippen molar-refractivity contribution < 1.29 is 13.2 Å². The molecular formula is C12H16F3N. The molecule has 1 atom stereocenters. The molecule has 0 heterocycles. The largest absolute Gasteiger partial charge is 0.389 e. The Hall–Kier alpha value is -1.03. The van der Waals surface area contributed by atoms with Gasteiger partial charge < -0.3 is 5.73 Å². The van der Waals surface area contributed by atoms with Gasteiger partial charge in [0, 0.05) is 12.5 Å². The zero-order valence-electron chi connectivity index (χ0n) is 9.22. The molecule has 0 bridgehead atoms. The highest BCUT2D eigenvalue weighted by Crippen LogP contribution is 2.26. The Kier molecular flexibility index (Phi) is 4.35. The van der Waals surface area contributed by atoms with E-state index in [0.29, 0.717) is 0 Å². The van der Waals surface area contributed by atoms with Crippen LogP contribution in [-0.4, -0.2) is 6.18 Å². The van der Waals surface area contributed by atoms with Gasteiger partial charge in [0.15, 0.2) is 0 Å². The molecule has 0 fully saturated rings. The van der Waals surface area contributed by atoms with Crippen LogP contribution in [0.1, 0.15) is 36.9 Å². The van der Waals surface area contributed by atoms with Gasteiger partial charge >= 0.3 is 6.18 Å². The molecule has 1 rings (SSSR count). The molecule has 0 saturated heterocycles. The zero-order chi connectivity index (χ0) is 12.2. The summed E-state index contributed by atoms with van der Waals surface area (Å²) >= 11 is 0. The second-order valence-corrected chi connectivity index (χ2v) is 3.86. The molecule has 1 aromatic rings. The summed E-state index contributed by atoms with van der Waals surface area (Å²) in [6.07, 6.45) is -4.10. The van der Waals surface area contributed by atoms with E-state index in [2.05, 4.69) is 0 Å². The Balaban J connectivity index is 2.56. The third kappa shape index (κ3) is 4.23. The van der Waals surface area contributed by atoms with E-state index in [4.69, 9.17) is 5.73 Å². The minimum atomic E-state index is -4.12. The van der Waals surface area contributed by atoms with Crippen molar-refractivity contribution >= 4 is 0 Å². The second-order valence-electron chi connectivity index (χ2n) is 3.86. The van der Waals surface area contributed by atoms with E-state index in [-0.39, 0.29) is 6.42 Å². The lowest BCUT2D eigenvalue weighted by atomic mass is 10.0. The van der Waals surface area contributed by atoms with Crippen molar-refractivity contribution in [3.8, 4) is 0 Å². The van der Waals surface area contributed by atoms with Crippen LogP contribution >= 0.6 is 0 Å². The van der Waals surface area contributed by atoms with Gasteiger partial charge in [-0.2, -0.15) is 13.2 Å². The molecule has 1 aromatic carbocycles. The van der Waals surface area contributed by atoms with Crippen molar-refractivity contribution in [2.75, 3.05) is 0 Å². The third-order valence-corrected chi connectivity index (χ3v) is 2.55. The van der Waals surface area contributed by atoms with Gasteiger partial charge in [0.05, 0.1) is 0 Å². The molecule has 0 amide bonds. The molecule has 90 valence electrons. The van der Waals surface area contributed by atoms with Crippen molar-refractivity contribution in [2.45, 2.75) is 38.4 Å². The molecule has 0 aromatic heterocycles. The molecule has 0 aliphatic heterocycles. The Labute approximate surface area is 93.5 Å². The Morgan fingerprint density at radius 3 is 2.19 bits per heavy atom. The number of halogens is 3. The zero-order valence-corrected chi connectivity index (χ0v) is 9.22. The molecule has 0 unspecified atom stereocenters. The summed E-state index contributed by atoms with van der Waals surface area (Å²) in [5.74, 6) is 0. The Morgan fingerprint density at radius 1 is 1.19 bits per heavy atom. The van der Waals surface area contributed by atoms with Crippen LogP contribution in [0.25, 0.3) is 0 Å². The predicted molar refractivity (Wildman–Crippen MR) is 58.0 cm³/mol. The number of hydrogen-bond acceptors (Lipinski definition) is 1. The maximum absolute atomic E-state index is 12.0. The van der Waals surface area contributed by atoms with E-state index < -0.39 is 18.6 Å². The van der Waals surface area contributed by atoms with Crippen molar-refractivity contribution in [2.24, 2.45) is 5.73 Å². The van der Waals surface area contributed by atoms with Gasteiger partial charge in [0.2, 0.25) is 0 Å². The first-order valence-electron chi connectivity index (χ1n) is 5.33. The first-order chi connectivity index (χ1) is 7.42. The predicted octanol–water partition coefficient (Wildman–Crippen LogP) is 3.59. The van der Waals surface area contributed by atoms with Crippen LogP contribution in [0.2, 0.25) is 0 Å². The maximum atomic E-state index is 12.0. The summed E-state index contributed by atoms with van der Waals surface area (Å²) in [6.45, 7) is 2.03. The minimum Gasteiger partial charge on any atom is -0.324 e. The summed E-state index contributed by atoms with van der Waals surface area (Å²) in [5.41, 5.74) is 7.62. The second kappa shape index (κ2) is 5.34. The molecule has 0 saturated carbocycles. The summed E-state index contributed by atoms with van der Waals surface area (Å²) in [4.78, 5) is 0. The summed E-state index contributed by atoms with van der Waals surface area (Å²) in [5, 5.41) is 0. The highest BCUT2D eigenvalue weighted by Gasteiger charge is 2.27. The van der Waals surface area contributed by atoms with Gasteiger partial charge in [0.25, 0.3) is 0 Å². The van der Waals surface area contributed by atoms with Crippen molar-refractivity contribution in [1.82, 2.24) is 0 Å². The van der Waals surface area contributed by atoms with E-state index in [1.807, 2.05) is 19.1 Å². The van der Waals surface area contributed by atoms with Gasteiger partial charge in [0.1, 0.15) is 0 Å². The van der Waals surface area contributed by atoms with Crippen LogP contribution in [-0.2, 0) is 6.42 Å². The summed E-state index contributed by atoms with van der Waals surface area (Å²) < 4.78 is 36.0. The van der Waals surface area contributed by atoms with E-state index in [1.54, 1.807) is 12.1 Å². The molecule has 16 heavy (non-hydrogen) atoms. The number of alkyl halides is 3. The lowest BCUT2D eigenvalue weighted by Crippen LogP contribution is -2.15. The van der Waals surface area contributed by atoms with E-state index in [9.17, 15) is 13.2 Å². The van der Waals surface area contributed by atoms with Crippen LogP contribution in [0.15, 0.2) is 24.3 Å². The Bertz CT molecular complexity index is 316. The van der Waals surface area contributed by atoms with Crippen LogP contribution in [0.4, 0.5) is 13.2 Å². The molecule has 0 spiro atoms. The topological polar surface area (TPSA) is 26.0 Å². The first-order valence-corrected chi connectivity index (χ1v) is 5.33. The fraction of sp³-hybridized carbons (Fsp3) is 0.500. The smallest absolute Gasteiger partial charge is 0.324 e. The fourth-order valence-electron chi connectivity index (χ4n) is 1.49. The molecule has 0 aliphatic rings. The lowest BCUT2D eigenvalue weighted by Gasteiger charge is -2.13. The molecule has 0 aliphatic carbocycles. The first kappa shape index (κ1) is 13.0. The molecule has 4 heteroatoms. The molecule has 2 N–H and O–H groups in total. The minimum absolute atomic E-state index is 0.0605. The van der Waals surface area contributed by atoms with Gasteiger partial charge in [-0.1, -0.05) is 31.2 Å². The number of hydrogen-bond donors (Lipinski definition) is 1. The van der Waals surface area contributed by atoms with E-state index >= 15 is 0 Å². The van der Waals surface area contributed by atoms with Crippen LogP contribution in [0.5, 0.6) is 0 Å². The average Bonchev–Trinajstić information content (AvgIpc) is 2.25. The van der Waals surface area contributed by atoms with Crippen LogP contribution < -0.4 is 5.73 Å². The lowest BCUT2D eigenvalue weighted by molar-refractivity contribution is -0.136. The van der Waals surface area contributed by atoms with Crippen LogP contribution in [0.3, 0.4) is 0 Å². The number of aryl methyl sites for hydroxylation is 1. The van der Waals surface area contributed by atoms with Crippen molar-refractivity contribution in [3.63, 3.8) is 0 Å². The van der Waals surface area contributed by atoms with E-state index in [1.165, 1.54) is 0 Å². The summed E-state index contributed by atoms with van der Waals surface area (Å²) in [6, 6.07) is 6.89. The van der Waals surface area contributed by atoms with Crippen LogP contribution in [0, 0.1) is 0 Å². The van der Waals surface area contributed by atoms with Crippen molar-refractivity contribution in [1.29, 1.82) is 0 Å². The molecule has 0 radical (unpaired) electrons. The molecular weight excluding hydrogens is 215 g/mol. The maximum Gasteiger partial charge on any atom is 0.389 e. The highest BCUT2D eigenvalue weighted by molar-refractivity contribution is 5.24. The van der Waals surface area contributed by atoms with Gasteiger partial charge in [-0.25, -0.2) is 0 Å². The third-order valence-electron chi connectivity index (χ3n) is 2.55. The standard InChI is InChI=1S/C12H16F3N/c1-2-9-3-5-10(6-4-9)11(16)7-8-12(13,14)15/h3-6,11H,2,7-8,16H2,1H3/t11-/m1/s1. The normalized spacial score (nSPS) is 13.8. The quantitative estimate of drug-likeness (QED) is 0.841. The van der Waals surface area contributed by atoms with Crippen molar-refractivity contribution in [3.05, 3.63) is 35.4 Å². The van der Waals surface area contributed by atoms with Gasteiger partial charge in [-0.3, -0.25) is 0 Å². The van der Waals surface area contributed by atoms with E-state index in [0.717, 1.165) is 17.5 Å². The fourth-order valence-corrected chi connectivity index (χ4v) is 1.49. The molecule has 1 nitrogen and oxygen atoms in total. The van der Waals surface area contributed by atoms with Gasteiger partial charge in [-0.05, 0) is 24.0 Å². The monoisotopic (exact) mass is 231 g/mol. The highest BCUT2D eigenvalue weighted by atomic mass is 19.4.